The third kappa shape index (κ3) is 3.62. The van der Waals surface area contributed by atoms with Crippen molar-refractivity contribution in [1.82, 2.24) is 4.90 Å². The highest BCUT2D eigenvalue weighted by Crippen LogP contribution is 2.34. The summed E-state index contributed by atoms with van der Waals surface area (Å²) in [6.07, 6.45) is 3.41. The zero-order valence-electron chi connectivity index (χ0n) is 13.4. The van der Waals surface area contributed by atoms with Crippen LogP contribution < -0.4 is 0 Å². The molecule has 0 radical (unpaired) electrons. The normalized spacial score (nSPS) is 20.9. The summed E-state index contributed by atoms with van der Waals surface area (Å²) >= 11 is 0. The van der Waals surface area contributed by atoms with E-state index in [0.29, 0.717) is 5.41 Å². The Hall–Kier alpha value is -0.860. The SMILES string of the molecule is CCC1(C)CCN(CC(O)c2ccc(C)c(C)c2)CC1. The molecule has 1 N–H and O–H groups in total. The lowest BCUT2D eigenvalue weighted by atomic mass is 9.78. The van der Waals surface area contributed by atoms with E-state index in [1.54, 1.807) is 0 Å². The number of hydrogen-bond donors (Lipinski definition) is 1. The van der Waals surface area contributed by atoms with Crippen LogP contribution in [0.2, 0.25) is 0 Å². The van der Waals surface area contributed by atoms with Gasteiger partial charge in [-0.1, -0.05) is 38.5 Å². The van der Waals surface area contributed by atoms with Gasteiger partial charge in [-0.3, -0.25) is 0 Å². The van der Waals surface area contributed by atoms with Crippen LogP contribution >= 0.6 is 0 Å². The van der Waals surface area contributed by atoms with Crippen LogP contribution in [0.15, 0.2) is 18.2 Å². The summed E-state index contributed by atoms with van der Waals surface area (Å²) in [7, 11) is 0. The van der Waals surface area contributed by atoms with Gasteiger partial charge < -0.3 is 10.0 Å². The molecule has 2 rings (SSSR count). The standard InChI is InChI=1S/C18H29NO/c1-5-18(4)8-10-19(11-9-18)13-17(20)16-7-6-14(2)15(3)12-16/h6-7,12,17,20H,5,8-11,13H2,1-4H3. The maximum Gasteiger partial charge on any atom is 0.0917 e. The Morgan fingerprint density at radius 1 is 1.20 bits per heavy atom. The van der Waals surface area contributed by atoms with E-state index < -0.39 is 0 Å². The van der Waals surface area contributed by atoms with E-state index in [1.807, 2.05) is 0 Å². The summed E-state index contributed by atoms with van der Waals surface area (Å²) in [6.45, 7) is 11.9. The predicted molar refractivity (Wildman–Crippen MR) is 84.9 cm³/mol. The van der Waals surface area contributed by atoms with Crippen LogP contribution in [0.5, 0.6) is 0 Å². The molecule has 2 heteroatoms. The van der Waals surface area contributed by atoms with Crippen molar-refractivity contribution in [2.75, 3.05) is 19.6 Å². The van der Waals surface area contributed by atoms with Gasteiger partial charge in [0, 0.05) is 6.54 Å². The molecule has 1 aliphatic heterocycles. The van der Waals surface area contributed by atoms with Gasteiger partial charge in [-0.05, 0) is 61.9 Å². The first-order valence-electron chi connectivity index (χ1n) is 7.91. The molecule has 2 nitrogen and oxygen atoms in total. The van der Waals surface area contributed by atoms with E-state index in [4.69, 9.17) is 0 Å². The van der Waals surface area contributed by atoms with Gasteiger partial charge in [0.15, 0.2) is 0 Å². The fraction of sp³-hybridized carbons (Fsp3) is 0.667. The van der Waals surface area contributed by atoms with E-state index in [1.165, 1.54) is 30.4 Å². The van der Waals surface area contributed by atoms with Gasteiger partial charge in [0.1, 0.15) is 0 Å². The highest BCUT2D eigenvalue weighted by molar-refractivity contribution is 5.31. The summed E-state index contributed by atoms with van der Waals surface area (Å²) in [5, 5.41) is 10.4. The van der Waals surface area contributed by atoms with Gasteiger partial charge in [-0.25, -0.2) is 0 Å². The second-order valence-electron chi connectivity index (χ2n) is 6.82. The fourth-order valence-corrected chi connectivity index (χ4v) is 2.95. The molecule has 20 heavy (non-hydrogen) atoms. The number of likely N-dealkylation sites (tertiary alicyclic amines) is 1. The summed E-state index contributed by atoms with van der Waals surface area (Å²) < 4.78 is 0. The maximum absolute atomic E-state index is 10.4. The number of rotatable bonds is 4. The second-order valence-corrected chi connectivity index (χ2v) is 6.82. The second kappa shape index (κ2) is 6.28. The van der Waals surface area contributed by atoms with Crippen molar-refractivity contribution in [2.45, 2.75) is 53.1 Å². The molecule has 1 aliphatic rings. The third-order valence-electron chi connectivity index (χ3n) is 5.26. The zero-order chi connectivity index (χ0) is 14.8. The number of aliphatic hydroxyl groups is 1. The van der Waals surface area contributed by atoms with Gasteiger partial charge in [0.25, 0.3) is 0 Å². The molecule has 0 saturated carbocycles. The number of aryl methyl sites for hydroxylation is 2. The Balaban J connectivity index is 1.92. The first-order valence-corrected chi connectivity index (χ1v) is 7.91. The van der Waals surface area contributed by atoms with Crippen LogP contribution in [0.3, 0.4) is 0 Å². The monoisotopic (exact) mass is 275 g/mol. The Morgan fingerprint density at radius 3 is 2.40 bits per heavy atom. The highest BCUT2D eigenvalue weighted by Gasteiger charge is 2.29. The third-order valence-corrected chi connectivity index (χ3v) is 5.26. The lowest BCUT2D eigenvalue weighted by Crippen LogP contribution is -2.40. The topological polar surface area (TPSA) is 23.5 Å². The van der Waals surface area contributed by atoms with Crippen LogP contribution in [0, 0.1) is 19.3 Å². The molecule has 1 unspecified atom stereocenters. The van der Waals surface area contributed by atoms with Gasteiger partial charge in [0.2, 0.25) is 0 Å². The van der Waals surface area contributed by atoms with E-state index in [9.17, 15) is 5.11 Å². The van der Waals surface area contributed by atoms with Crippen molar-refractivity contribution in [3.8, 4) is 0 Å². The van der Waals surface area contributed by atoms with E-state index in [-0.39, 0.29) is 6.10 Å². The van der Waals surface area contributed by atoms with E-state index in [0.717, 1.165) is 25.2 Å². The zero-order valence-corrected chi connectivity index (χ0v) is 13.4. The van der Waals surface area contributed by atoms with Crippen molar-refractivity contribution < 1.29 is 5.11 Å². The van der Waals surface area contributed by atoms with Gasteiger partial charge in [-0.2, -0.15) is 0 Å². The number of piperidine rings is 1. The molecule has 1 saturated heterocycles. The summed E-state index contributed by atoms with van der Waals surface area (Å²) in [6, 6.07) is 6.30. The summed E-state index contributed by atoms with van der Waals surface area (Å²) in [5.74, 6) is 0. The molecule has 0 aliphatic carbocycles. The van der Waals surface area contributed by atoms with Gasteiger partial charge in [-0.15, -0.1) is 0 Å². The summed E-state index contributed by atoms with van der Waals surface area (Å²) in [5.41, 5.74) is 4.12. The van der Waals surface area contributed by atoms with E-state index >= 15 is 0 Å². The highest BCUT2D eigenvalue weighted by atomic mass is 16.3. The van der Waals surface area contributed by atoms with E-state index in [2.05, 4.69) is 50.8 Å². The van der Waals surface area contributed by atoms with Crippen molar-refractivity contribution in [1.29, 1.82) is 0 Å². The molecular weight excluding hydrogens is 246 g/mol. The minimum Gasteiger partial charge on any atom is -0.387 e. The molecule has 1 heterocycles. The minimum absolute atomic E-state index is 0.361. The molecule has 0 spiro atoms. The first-order chi connectivity index (χ1) is 9.43. The Morgan fingerprint density at radius 2 is 1.85 bits per heavy atom. The van der Waals surface area contributed by atoms with Gasteiger partial charge in [0.05, 0.1) is 6.10 Å². The predicted octanol–water partition coefficient (Wildman–Crippen LogP) is 3.85. The molecule has 1 atom stereocenters. The minimum atomic E-state index is -0.361. The van der Waals surface area contributed by atoms with Crippen LogP contribution in [0.25, 0.3) is 0 Å². The molecule has 0 amide bonds. The molecule has 0 aromatic heterocycles. The van der Waals surface area contributed by atoms with Crippen LogP contribution in [-0.4, -0.2) is 29.6 Å². The smallest absolute Gasteiger partial charge is 0.0917 e. The van der Waals surface area contributed by atoms with Crippen molar-refractivity contribution in [3.05, 3.63) is 34.9 Å². The van der Waals surface area contributed by atoms with Gasteiger partial charge >= 0.3 is 0 Å². The molecular formula is C18H29NO. The number of nitrogens with zero attached hydrogens (tertiary/aromatic N) is 1. The van der Waals surface area contributed by atoms with Crippen molar-refractivity contribution in [2.24, 2.45) is 5.41 Å². The number of β-amino-alcohol motifs (C(OH)–C–C–N with tert-alkyl or cyclic N) is 1. The molecule has 0 bridgehead atoms. The summed E-state index contributed by atoms with van der Waals surface area (Å²) in [4.78, 5) is 2.41. The number of hydrogen-bond acceptors (Lipinski definition) is 2. The maximum atomic E-state index is 10.4. The number of aliphatic hydroxyl groups excluding tert-OH is 1. The lowest BCUT2D eigenvalue weighted by Gasteiger charge is -2.39. The van der Waals surface area contributed by atoms with Crippen LogP contribution in [0.1, 0.15) is 55.9 Å². The number of benzene rings is 1. The van der Waals surface area contributed by atoms with Crippen molar-refractivity contribution >= 4 is 0 Å². The first kappa shape index (κ1) is 15.5. The molecule has 112 valence electrons. The Bertz CT molecular complexity index is 447. The van der Waals surface area contributed by atoms with Crippen molar-refractivity contribution in [3.63, 3.8) is 0 Å². The average molecular weight is 275 g/mol. The largest absolute Gasteiger partial charge is 0.387 e. The lowest BCUT2D eigenvalue weighted by molar-refractivity contribution is 0.0626. The fourth-order valence-electron chi connectivity index (χ4n) is 2.95. The molecule has 1 aromatic rings. The molecule has 1 fully saturated rings. The van der Waals surface area contributed by atoms with Crippen LogP contribution in [-0.2, 0) is 0 Å². The Kier molecular flexibility index (Phi) is 4.87. The van der Waals surface area contributed by atoms with Crippen LogP contribution in [0.4, 0.5) is 0 Å². The molecule has 1 aromatic carbocycles. The average Bonchev–Trinajstić information content (AvgIpc) is 2.44. The quantitative estimate of drug-likeness (QED) is 0.902. The Labute approximate surface area is 123 Å².